The van der Waals surface area contributed by atoms with Crippen LogP contribution in [0.3, 0.4) is 0 Å². The van der Waals surface area contributed by atoms with Crippen LogP contribution in [0.2, 0.25) is 0 Å². The first-order valence-corrected chi connectivity index (χ1v) is 5.77. The van der Waals surface area contributed by atoms with E-state index in [0.717, 1.165) is 18.7 Å². The Morgan fingerprint density at radius 3 is 3.06 bits per heavy atom. The van der Waals surface area contributed by atoms with E-state index in [1.807, 2.05) is 0 Å². The fourth-order valence-corrected chi connectivity index (χ4v) is 1.35. The van der Waals surface area contributed by atoms with Gasteiger partial charge >= 0.3 is 0 Å². The normalized spacial score (nSPS) is 10.8. The Balaban J connectivity index is 2.11. The topological polar surface area (TPSA) is 57.8 Å². The van der Waals surface area contributed by atoms with Crippen molar-refractivity contribution in [3.05, 3.63) is 24.3 Å². The van der Waals surface area contributed by atoms with E-state index in [1.54, 1.807) is 18.6 Å². The van der Waals surface area contributed by atoms with Gasteiger partial charge in [-0.2, -0.15) is 0 Å². The molecule has 4 heteroatoms. The number of hydrogen-bond donors (Lipinski definition) is 2. The van der Waals surface area contributed by atoms with E-state index < -0.39 is 0 Å². The average Bonchev–Trinajstić information content (AvgIpc) is 2.79. The van der Waals surface area contributed by atoms with Gasteiger partial charge in [-0.05, 0) is 12.5 Å². The number of carbonyl (C=O) groups is 1. The summed E-state index contributed by atoms with van der Waals surface area (Å²) >= 11 is 0. The first-order chi connectivity index (χ1) is 7.83. The van der Waals surface area contributed by atoms with Crippen molar-refractivity contribution in [2.24, 2.45) is 0 Å². The van der Waals surface area contributed by atoms with Gasteiger partial charge in [0.15, 0.2) is 0 Å². The Kier molecular flexibility index (Phi) is 5.99. The summed E-state index contributed by atoms with van der Waals surface area (Å²) in [5.41, 5.74) is 0.834. The highest BCUT2D eigenvalue weighted by atomic mass is 16.1. The van der Waals surface area contributed by atoms with Gasteiger partial charge in [0.05, 0.1) is 18.2 Å². The lowest BCUT2D eigenvalue weighted by molar-refractivity contribution is -0.116. The van der Waals surface area contributed by atoms with Crippen molar-refractivity contribution in [3.8, 4) is 0 Å². The molecule has 1 rings (SSSR count). The van der Waals surface area contributed by atoms with Crippen molar-refractivity contribution < 1.29 is 4.79 Å². The van der Waals surface area contributed by atoms with Crippen LogP contribution in [0.15, 0.2) is 18.6 Å². The minimum Gasteiger partial charge on any atom is -0.353 e. The Labute approximate surface area is 96.2 Å². The maximum absolute atomic E-state index is 11.3. The molecule has 1 heterocycles. The number of aromatic nitrogens is 2. The number of imidazole rings is 1. The third kappa shape index (κ3) is 5.34. The Morgan fingerprint density at radius 2 is 2.38 bits per heavy atom. The molecule has 0 saturated heterocycles. The smallest absolute Gasteiger partial charge is 0.244 e. The molecule has 0 spiro atoms. The number of nitrogens with zero attached hydrogens (tertiary/aromatic N) is 1. The van der Waals surface area contributed by atoms with Gasteiger partial charge in [0.1, 0.15) is 0 Å². The monoisotopic (exact) mass is 221 g/mol. The van der Waals surface area contributed by atoms with Crippen LogP contribution in [0.1, 0.15) is 38.3 Å². The summed E-state index contributed by atoms with van der Waals surface area (Å²) in [5, 5.41) is 2.84. The van der Waals surface area contributed by atoms with Gasteiger partial charge in [0, 0.05) is 12.6 Å². The van der Waals surface area contributed by atoms with Gasteiger partial charge < -0.3 is 10.3 Å². The lowest BCUT2D eigenvalue weighted by Crippen LogP contribution is -2.21. The molecule has 0 aliphatic rings. The van der Waals surface area contributed by atoms with Gasteiger partial charge in [-0.25, -0.2) is 4.98 Å². The van der Waals surface area contributed by atoms with E-state index in [0.29, 0.717) is 0 Å². The van der Waals surface area contributed by atoms with Gasteiger partial charge in [0.25, 0.3) is 0 Å². The maximum Gasteiger partial charge on any atom is 0.244 e. The summed E-state index contributed by atoms with van der Waals surface area (Å²) in [5.74, 6) is -0.0499. The highest BCUT2D eigenvalue weighted by Gasteiger charge is 1.94. The highest BCUT2D eigenvalue weighted by molar-refractivity contribution is 5.91. The quantitative estimate of drug-likeness (QED) is 0.547. The summed E-state index contributed by atoms with van der Waals surface area (Å²) < 4.78 is 0. The Bertz CT molecular complexity index is 317. The fraction of sp³-hybridized carbons (Fsp3) is 0.500. The summed E-state index contributed by atoms with van der Waals surface area (Å²) in [6.07, 6.45) is 11.2. The SMILES string of the molecule is CCCCCCNC(=O)/C=C/c1cnc[nH]1. The summed E-state index contributed by atoms with van der Waals surface area (Å²) in [6.45, 7) is 2.93. The minimum atomic E-state index is -0.0499. The third-order valence-electron chi connectivity index (χ3n) is 2.26. The third-order valence-corrected chi connectivity index (χ3v) is 2.26. The Morgan fingerprint density at radius 1 is 1.50 bits per heavy atom. The van der Waals surface area contributed by atoms with Crippen molar-refractivity contribution in [1.82, 2.24) is 15.3 Å². The van der Waals surface area contributed by atoms with Crippen molar-refractivity contribution in [2.45, 2.75) is 32.6 Å². The number of nitrogens with one attached hydrogen (secondary N) is 2. The first-order valence-electron chi connectivity index (χ1n) is 5.77. The molecule has 0 aromatic carbocycles. The molecule has 1 aromatic rings. The van der Waals surface area contributed by atoms with Crippen LogP contribution in [0.4, 0.5) is 0 Å². The molecular weight excluding hydrogens is 202 g/mol. The second kappa shape index (κ2) is 7.68. The number of unbranched alkanes of at least 4 members (excludes halogenated alkanes) is 3. The molecule has 88 valence electrons. The fourth-order valence-electron chi connectivity index (χ4n) is 1.35. The van der Waals surface area contributed by atoms with Crippen molar-refractivity contribution in [1.29, 1.82) is 0 Å². The lowest BCUT2D eigenvalue weighted by Gasteiger charge is -2.00. The number of H-pyrrole nitrogens is 1. The minimum absolute atomic E-state index is 0.0499. The predicted molar refractivity (Wildman–Crippen MR) is 64.8 cm³/mol. The van der Waals surface area contributed by atoms with Gasteiger partial charge in [0.2, 0.25) is 5.91 Å². The zero-order chi connectivity index (χ0) is 11.6. The standard InChI is InChI=1S/C12H19N3O/c1-2-3-4-5-8-14-12(16)7-6-11-9-13-10-15-11/h6-7,9-10H,2-5,8H2,1H3,(H,13,15)(H,14,16)/b7-6+. The molecule has 0 atom stereocenters. The zero-order valence-corrected chi connectivity index (χ0v) is 9.70. The van der Waals surface area contributed by atoms with Crippen LogP contribution >= 0.6 is 0 Å². The van der Waals surface area contributed by atoms with E-state index in [4.69, 9.17) is 0 Å². The summed E-state index contributed by atoms with van der Waals surface area (Å²) in [7, 11) is 0. The van der Waals surface area contributed by atoms with Crippen LogP contribution in [-0.4, -0.2) is 22.4 Å². The van der Waals surface area contributed by atoms with Gasteiger partial charge in [-0.3, -0.25) is 4.79 Å². The summed E-state index contributed by atoms with van der Waals surface area (Å²) in [4.78, 5) is 18.1. The number of aromatic amines is 1. The van der Waals surface area contributed by atoms with E-state index >= 15 is 0 Å². The molecule has 0 saturated carbocycles. The van der Waals surface area contributed by atoms with Gasteiger partial charge in [-0.15, -0.1) is 0 Å². The molecule has 0 unspecified atom stereocenters. The first kappa shape index (κ1) is 12.5. The number of amides is 1. The second-order valence-electron chi connectivity index (χ2n) is 3.69. The molecule has 2 N–H and O–H groups in total. The van der Waals surface area contributed by atoms with Crippen molar-refractivity contribution in [3.63, 3.8) is 0 Å². The van der Waals surface area contributed by atoms with Crippen LogP contribution in [-0.2, 0) is 4.79 Å². The summed E-state index contributed by atoms with van der Waals surface area (Å²) in [6, 6.07) is 0. The van der Waals surface area contributed by atoms with Gasteiger partial charge in [-0.1, -0.05) is 26.2 Å². The molecule has 0 aliphatic carbocycles. The highest BCUT2D eigenvalue weighted by Crippen LogP contribution is 1.97. The molecule has 0 bridgehead atoms. The Hall–Kier alpha value is -1.58. The predicted octanol–water partition coefficient (Wildman–Crippen LogP) is 2.12. The lowest BCUT2D eigenvalue weighted by atomic mass is 10.2. The van der Waals surface area contributed by atoms with E-state index in [2.05, 4.69) is 22.2 Å². The van der Waals surface area contributed by atoms with E-state index in [-0.39, 0.29) is 5.91 Å². The van der Waals surface area contributed by atoms with E-state index in [1.165, 1.54) is 25.3 Å². The maximum atomic E-state index is 11.3. The van der Waals surface area contributed by atoms with Crippen LogP contribution < -0.4 is 5.32 Å². The van der Waals surface area contributed by atoms with Crippen LogP contribution in [0, 0.1) is 0 Å². The largest absolute Gasteiger partial charge is 0.353 e. The molecule has 1 amide bonds. The molecule has 0 aliphatic heterocycles. The molecular formula is C12H19N3O. The molecule has 0 fully saturated rings. The van der Waals surface area contributed by atoms with Crippen molar-refractivity contribution >= 4 is 12.0 Å². The second-order valence-corrected chi connectivity index (χ2v) is 3.69. The van der Waals surface area contributed by atoms with Crippen LogP contribution in [0.5, 0.6) is 0 Å². The van der Waals surface area contributed by atoms with Crippen molar-refractivity contribution in [2.75, 3.05) is 6.54 Å². The van der Waals surface area contributed by atoms with E-state index in [9.17, 15) is 4.79 Å². The zero-order valence-electron chi connectivity index (χ0n) is 9.70. The molecule has 16 heavy (non-hydrogen) atoms. The van der Waals surface area contributed by atoms with Crippen LogP contribution in [0.25, 0.3) is 6.08 Å². The number of rotatable bonds is 7. The molecule has 0 radical (unpaired) electrons. The number of carbonyl (C=O) groups excluding carboxylic acids is 1. The molecule has 1 aromatic heterocycles. The molecule has 4 nitrogen and oxygen atoms in total. The number of hydrogen-bond acceptors (Lipinski definition) is 2. The average molecular weight is 221 g/mol.